The molecule has 17 heavy (non-hydrogen) atoms. The SMILES string of the molecule is CCNc1nc(Cl)nc(NC(C)(C)CCO)n1. The van der Waals surface area contributed by atoms with Gasteiger partial charge < -0.3 is 15.7 Å². The molecule has 0 amide bonds. The molecule has 0 unspecified atom stereocenters. The molecule has 0 aliphatic rings. The second-order valence-electron chi connectivity index (χ2n) is 4.26. The van der Waals surface area contributed by atoms with Crippen LogP contribution < -0.4 is 10.6 Å². The van der Waals surface area contributed by atoms with Gasteiger partial charge in [-0.2, -0.15) is 15.0 Å². The zero-order valence-electron chi connectivity index (χ0n) is 10.3. The van der Waals surface area contributed by atoms with Crippen molar-refractivity contribution in [3.05, 3.63) is 5.28 Å². The van der Waals surface area contributed by atoms with Crippen molar-refractivity contribution in [3.63, 3.8) is 0 Å². The fourth-order valence-corrected chi connectivity index (χ4v) is 1.45. The highest BCUT2D eigenvalue weighted by molar-refractivity contribution is 6.28. The molecule has 0 aliphatic carbocycles. The summed E-state index contributed by atoms with van der Waals surface area (Å²) < 4.78 is 0. The maximum Gasteiger partial charge on any atom is 0.229 e. The zero-order valence-corrected chi connectivity index (χ0v) is 11.0. The molecule has 0 bridgehead atoms. The molecule has 1 aromatic rings. The molecule has 0 saturated heterocycles. The molecule has 7 heteroatoms. The summed E-state index contributed by atoms with van der Waals surface area (Å²) in [6.07, 6.45) is 0.590. The number of rotatable bonds is 6. The maximum absolute atomic E-state index is 8.94. The van der Waals surface area contributed by atoms with Crippen LogP contribution in [0.2, 0.25) is 5.28 Å². The third-order valence-corrected chi connectivity index (χ3v) is 2.30. The van der Waals surface area contributed by atoms with Gasteiger partial charge in [0.2, 0.25) is 17.2 Å². The minimum absolute atomic E-state index is 0.0961. The molecule has 1 heterocycles. The van der Waals surface area contributed by atoms with Gasteiger partial charge in [-0.05, 0) is 38.8 Å². The molecule has 6 nitrogen and oxygen atoms in total. The van der Waals surface area contributed by atoms with Crippen LogP contribution in [0.15, 0.2) is 0 Å². The van der Waals surface area contributed by atoms with E-state index < -0.39 is 0 Å². The van der Waals surface area contributed by atoms with Crippen molar-refractivity contribution in [2.24, 2.45) is 0 Å². The second kappa shape index (κ2) is 5.97. The van der Waals surface area contributed by atoms with E-state index in [1.165, 1.54) is 0 Å². The van der Waals surface area contributed by atoms with Crippen molar-refractivity contribution < 1.29 is 5.11 Å². The van der Waals surface area contributed by atoms with Crippen LogP contribution in [0.1, 0.15) is 27.2 Å². The summed E-state index contributed by atoms with van der Waals surface area (Å²) in [5.41, 5.74) is -0.303. The molecule has 0 aliphatic heterocycles. The Balaban J connectivity index is 2.83. The van der Waals surface area contributed by atoms with Gasteiger partial charge in [0.05, 0.1) is 0 Å². The number of nitrogens with one attached hydrogen (secondary N) is 2. The van der Waals surface area contributed by atoms with E-state index in [1.807, 2.05) is 20.8 Å². The molecular formula is C10H18ClN5O. The normalized spacial score (nSPS) is 11.4. The van der Waals surface area contributed by atoms with Crippen molar-refractivity contribution in [2.45, 2.75) is 32.7 Å². The van der Waals surface area contributed by atoms with Gasteiger partial charge in [-0.3, -0.25) is 0 Å². The van der Waals surface area contributed by atoms with Crippen molar-refractivity contribution in [3.8, 4) is 0 Å². The lowest BCUT2D eigenvalue weighted by Crippen LogP contribution is -2.33. The van der Waals surface area contributed by atoms with E-state index in [-0.39, 0.29) is 17.4 Å². The van der Waals surface area contributed by atoms with E-state index in [9.17, 15) is 0 Å². The second-order valence-corrected chi connectivity index (χ2v) is 4.60. The fourth-order valence-electron chi connectivity index (χ4n) is 1.29. The summed E-state index contributed by atoms with van der Waals surface area (Å²) in [6.45, 7) is 6.65. The van der Waals surface area contributed by atoms with Crippen molar-refractivity contribution in [1.29, 1.82) is 0 Å². The molecule has 0 saturated carbocycles. The van der Waals surface area contributed by atoms with Crippen LogP contribution in [0.3, 0.4) is 0 Å². The first kappa shape index (κ1) is 13.9. The highest BCUT2D eigenvalue weighted by Crippen LogP contribution is 2.16. The number of aromatic nitrogens is 3. The lowest BCUT2D eigenvalue weighted by atomic mass is 10.0. The summed E-state index contributed by atoms with van der Waals surface area (Å²) in [7, 11) is 0. The Morgan fingerprint density at radius 1 is 1.24 bits per heavy atom. The van der Waals surface area contributed by atoms with Gasteiger partial charge in [0.15, 0.2) is 0 Å². The lowest BCUT2D eigenvalue weighted by molar-refractivity contribution is 0.260. The number of aliphatic hydroxyl groups is 1. The first-order valence-corrected chi connectivity index (χ1v) is 5.89. The van der Waals surface area contributed by atoms with Gasteiger partial charge in [0.25, 0.3) is 0 Å². The van der Waals surface area contributed by atoms with Crippen LogP contribution in [-0.2, 0) is 0 Å². The molecule has 1 rings (SSSR count). The number of anilines is 2. The van der Waals surface area contributed by atoms with E-state index in [2.05, 4.69) is 25.6 Å². The highest BCUT2D eigenvalue weighted by atomic mass is 35.5. The Hall–Kier alpha value is -1.14. The van der Waals surface area contributed by atoms with E-state index in [0.717, 1.165) is 0 Å². The van der Waals surface area contributed by atoms with Crippen LogP contribution in [0.4, 0.5) is 11.9 Å². The number of halogens is 1. The number of hydrogen-bond acceptors (Lipinski definition) is 6. The quantitative estimate of drug-likeness (QED) is 0.719. The van der Waals surface area contributed by atoms with Gasteiger partial charge in [0, 0.05) is 18.7 Å². The van der Waals surface area contributed by atoms with Crippen molar-refractivity contribution in [2.75, 3.05) is 23.8 Å². The smallest absolute Gasteiger partial charge is 0.229 e. The lowest BCUT2D eigenvalue weighted by Gasteiger charge is -2.25. The highest BCUT2D eigenvalue weighted by Gasteiger charge is 2.18. The van der Waals surface area contributed by atoms with Gasteiger partial charge in [-0.25, -0.2) is 0 Å². The van der Waals surface area contributed by atoms with E-state index in [4.69, 9.17) is 16.7 Å². The van der Waals surface area contributed by atoms with Gasteiger partial charge >= 0.3 is 0 Å². The maximum atomic E-state index is 8.94. The van der Waals surface area contributed by atoms with E-state index >= 15 is 0 Å². The minimum atomic E-state index is -0.303. The molecule has 3 N–H and O–H groups in total. The summed E-state index contributed by atoms with van der Waals surface area (Å²) in [5, 5.41) is 15.2. The molecular weight excluding hydrogens is 242 g/mol. The molecule has 0 fully saturated rings. The van der Waals surface area contributed by atoms with Crippen LogP contribution in [0.25, 0.3) is 0 Å². The molecule has 0 atom stereocenters. The Labute approximate surface area is 106 Å². The van der Waals surface area contributed by atoms with Gasteiger partial charge in [-0.1, -0.05) is 0 Å². The van der Waals surface area contributed by atoms with Crippen LogP contribution in [0, 0.1) is 0 Å². The Bertz CT molecular complexity index is 372. The Morgan fingerprint density at radius 2 is 1.88 bits per heavy atom. The summed E-state index contributed by atoms with van der Waals surface area (Å²) in [5.74, 6) is 0.842. The van der Waals surface area contributed by atoms with Crippen LogP contribution in [-0.4, -0.2) is 38.7 Å². The van der Waals surface area contributed by atoms with Crippen molar-refractivity contribution in [1.82, 2.24) is 15.0 Å². The predicted octanol–water partition coefficient (Wildman–Crippen LogP) is 1.53. The van der Waals surface area contributed by atoms with Gasteiger partial charge in [0.1, 0.15) is 0 Å². The fraction of sp³-hybridized carbons (Fsp3) is 0.700. The third-order valence-electron chi connectivity index (χ3n) is 2.13. The zero-order chi connectivity index (χ0) is 12.9. The Morgan fingerprint density at radius 3 is 2.47 bits per heavy atom. The molecule has 96 valence electrons. The summed E-state index contributed by atoms with van der Waals surface area (Å²) >= 11 is 5.80. The van der Waals surface area contributed by atoms with Crippen LogP contribution in [0.5, 0.6) is 0 Å². The molecule has 0 spiro atoms. The average molecular weight is 260 g/mol. The number of aliphatic hydroxyl groups excluding tert-OH is 1. The minimum Gasteiger partial charge on any atom is -0.396 e. The standard InChI is InChI=1S/C10H18ClN5O/c1-4-12-8-13-7(11)14-9(15-8)16-10(2,3)5-6-17/h17H,4-6H2,1-3H3,(H2,12,13,14,15,16). The molecule has 0 aromatic carbocycles. The first-order chi connectivity index (χ1) is 7.96. The average Bonchev–Trinajstić information content (AvgIpc) is 2.15. The van der Waals surface area contributed by atoms with Crippen molar-refractivity contribution >= 4 is 23.5 Å². The number of hydrogen-bond donors (Lipinski definition) is 3. The third kappa shape index (κ3) is 4.70. The summed E-state index contributed by atoms with van der Waals surface area (Å²) in [4.78, 5) is 12.1. The monoisotopic (exact) mass is 259 g/mol. The molecule has 0 radical (unpaired) electrons. The van der Waals surface area contributed by atoms with E-state index in [0.29, 0.717) is 24.9 Å². The van der Waals surface area contributed by atoms with E-state index in [1.54, 1.807) is 0 Å². The predicted molar refractivity (Wildman–Crippen MR) is 68.4 cm³/mol. The summed E-state index contributed by atoms with van der Waals surface area (Å²) in [6, 6.07) is 0. The van der Waals surface area contributed by atoms with Crippen LogP contribution >= 0.6 is 11.6 Å². The number of nitrogens with zero attached hydrogens (tertiary/aromatic N) is 3. The topological polar surface area (TPSA) is 83.0 Å². The molecule has 1 aromatic heterocycles. The van der Waals surface area contributed by atoms with Gasteiger partial charge in [-0.15, -0.1) is 0 Å². The Kier molecular flexibility index (Phi) is 4.89. The first-order valence-electron chi connectivity index (χ1n) is 5.51. The largest absolute Gasteiger partial charge is 0.396 e.